The van der Waals surface area contributed by atoms with Crippen LogP contribution in [0.25, 0.3) is 0 Å². The molecular formula is C15H17BrN2O2S. The van der Waals surface area contributed by atoms with Crippen LogP contribution >= 0.6 is 27.3 Å². The number of aryl methyl sites for hydroxylation is 1. The topological polar surface area (TPSA) is 55.2 Å². The van der Waals surface area contributed by atoms with Gasteiger partial charge in [0.2, 0.25) is 0 Å². The molecule has 0 aliphatic heterocycles. The number of benzene rings is 1. The van der Waals surface area contributed by atoms with Crippen LogP contribution in [-0.4, -0.2) is 4.92 Å². The molecule has 1 aromatic heterocycles. The van der Waals surface area contributed by atoms with Gasteiger partial charge in [-0.2, -0.15) is 0 Å². The van der Waals surface area contributed by atoms with Crippen LogP contribution in [-0.2, 0) is 0 Å². The minimum atomic E-state index is -0.345. The molecule has 0 fully saturated rings. The van der Waals surface area contributed by atoms with Crippen LogP contribution in [0.5, 0.6) is 0 Å². The van der Waals surface area contributed by atoms with Gasteiger partial charge in [-0.3, -0.25) is 10.1 Å². The Morgan fingerprint density at radius 1 is 1.38 bits per heavy atom. The summed E-state index contributed by atoms with van der Waals surface area (Å²) < 4.78 is 0.841. The van der Waals surface area contributed by atoms with Crippen LogP contribution in [0.1, 0.15) is 30.3 Å². The van der Waals surface area contributed by atoms with Crippen molar-refractivity contribution in [3.05, 3.63) is 54.7 Å². The first-order valence-corrected chi connectivity index (χ1v) is 8.32. The Bertz CT molecular complexity index is 641. The Morgan fingerprint density at radius 2 is 2.10 bits per heavy atom. The van der Waals surface area contributed by atoms with Gasteiger partial charge in [-0.25, -0.2) is 0 Å². The van der Waals surface area contributed by atoms with Gasteiger partial charge in [-0.15, -0.1) is 11.3 Å². The van der Waals surface area contributed by atoms with Crippen molar-refractivity contribution < 1.29 is 4.92 Å². The number of halogens is 1. The van der Waals surface area contributed by atoms with E-state index in [1.807, 2.05) is 11.4 Å². The highest BCUT2D eigenvalue weighted by Crippen LogP contribution is 2.36. The zero-order chi connectivity index (χ0) is 15.6. The molecule has 0 aliphatic rings. The lowest BCUT2D eigenvalue weighted by Crippen LogP contribution is -2.16. The molecule has 1 atom stereocenters. The van der Waals surface area contributed by atoms with Crippen molar-refractivity contribution in [2.75, 3.05) is 5.32 Å². The number of rotatable bonds is 5. The van der Waals surface area contributed by atoms with Crippen molar-refractivity contribution >= 4 is 38.6 Å². The van der Waals surface area contributed by atoms with Gasteiger partial charge < -0.3 is 5.32 Å². The predicted octanol–water partition coefficient (Wildman–Crippen LogP) is 5.54. The zero-order valence-corrected chi connectivity index (χ0v) is 14.5. The Labute approximate surface area is 136 Å². The summed E-state index contributed by atoms with van der Waals surface area (Å²) in [5.41, 5.74) is 1.53. The molecule has 4 nitrogen and oxygen atoms in total. The van der Waals surface area contributed by atoms with Crippen LogP contribution < -0.4 is 5.32 Å². The van der Waals surface area contributed by atoms with Crippen molar-refractivity contribution in [3.63, 3.8) is 0 Å². The summed E-state index contributed by atoms with van der Waals surface area (Å²) in [6, 6.07) is 7.61. The maximum absolute atomic E-state index is 11.1. The van der Waals surface area contributed by atoms with Crippen LogP contribution in [0, 0.1) is 23.0 Å². The second-order valence-corrected chi connectivity index (χ2v) is 7.09. The summed E-state index contributed by atoms with van der Waals surface area (Å²) in [5.74, 6) is 0.371. The van der Waals surface area contributed by atoms with Crippen molar-refractivity contribution in [3.8, 4) is 0 Å². The molecule has 1 unspecified atom stereocenters. The van der Waals surface area contributed by atoms with E-state index in [2.05, 4.69) is 41.2 Å². The van der Waals surface area contributed by atoms with Gasteiger partial charge >= 0.3 is 0 Å². The number of thiophene rings is 1. The fourth-order valence-electron chi connectivity index (χ4n) is 2.17. The van der Waals surface area contributed by atoms with E-state index in [1.165, 1.54) is 4.88 Å². The standard InChI is InChI=1S/C15H17BrN2O2S/c1-9(2)15(14-5-4-6-21-14)17-12-8-13(18(19)20)10(3)7-11(12)16/h4-9,15,17H,1-3H3. The van der Waals surface area contributed by atoms with E-state index < -0.39 is 0 Å². The normalized spacial score (nSPS) is 12.4. The molecule has 0 spiro atoms. The van der Waals surface area contributed by atoms with Gasteiger partial charge in [-0.05, 0) is 46.3 Å². The molecule has 0 amide bonds. The third-order valence-electron chi connectivity index (χ3n) is 3.31. The minimum absolute atomic E-state index is 0.128. The third kappa shape index (κ3) is 3.63. The molecule has 21 heavy (non-hydrogen) atoms. The van der Waals surface area contributed by atoms with E-state index in [4.69, 9.17) is 0 Å². The monoisotopic (exact) mass is 368 g/mol. The maximum Gasteiger partial charge on any atom is 0.274 e. The van der Waals surface area contributed by atoms with Gasteiger partial charge in [0, 0.05) is 21.0 Å². The summed E-state index contributed by atoms with van der Waals surface area (Å²) in [6.07, 6.45) is 0. The smallest absolute Gasteiger partial charge is 0.274 e. The molecule has 0 radical (unpaired) electrons. The first-order valence-electron chi connectivity index (χ1n) is 6.64. The van der Waals surface area contributed by atoms with Crippen LogP contribution in [0.15, 0.2) is 34.1 Å². The Balaban J connectivity index is 2.37. The van der Waals surface area contributed by atoms with E-state index in [0.717, 1.165) is 10.2 Å². The quantitative estimate of drug-likeness (QED) is 0.556. The number of anilines is 1. The van der Waals surface area contributed by atoms with E-state index >= 15 is 0 Å². The molecule has 6 heteroatoms. The van der Waals surface area contributed by atoms with E-state index in [-0.39, 0.29) is 16.7 Å². The average molecular weight is 369 g/mol. The fraction of sp³-hybridized carbons (Fsp3) is 0.333. The number of hydrogen-bond acceptors (Lipinski definition) is 4. The zero-order valence-electron chi connectivity index (χ0n) is 12.1. The molecule has 0 aliphatic carbocycles. The minimum Gasteiger partial charge on any atom is -0.376 e. The molecular weight excluding hydrogens is 352 g/mol. The lowest BCUT2D eigenvalue weighted by Gasteiger charge is -2.23. The van der Waals surface area contributed by atoms with Gasteiger partial charge in [0.25, 0.3) is 5.69 Å². The second kappa shape index (κ2) is 6.58. The highest BCUT2D eigenvalue weighted by atomic mass is 79.9. The third-order valence-corrected chi connectivity index (χ3v) is 4.92. The van der Waals surface area contributed by atoms with Crippen LogP contribution in [0.3, 0.4) is 0 Å². The molecule has 112 valence electrons. The molecule has 2 rings (SSSR count). The summed E-state index contributed by atoms with van der Waals surface area (Å²) >= 11 is 5.18. The van der Waals surface area contributed by atoms with Gasteiger partial charge in [-0.1, -0.05) is 19.9 Å². The SMILES string of the molecule is Cc1cc(Br)c(NC(c2cccs2)C(C)C)cc1[N+](=O)[O-]. The number of hydrogen-bond donors (Lipinski definition) is 1. The largest absolute Gasteiger partial charge is 0.376 e. The van der Waals surface area contributed by atoms with E-state index in [9.17, 15) is 10.1 Å². The molecule has 0 bridgehead atoms. The number of nitro benzene ring substituents is 1. The molecule has 1 aromatic carbocycles. The number of nitrogens with one attached hydrogen (secondary N) is 1. The van der Waals surface area contributed by atoms with E-state index in [0.29, 0.717) is 11.5 Å². The van der Waals surface area contributed by atoms with Crippen LogP contribution in [0.2, 0.25) is 0 Å². The second-order valence-electron chi connectivity index (χ2n) is 5.26. The molecule has 1 heterocycles. The Kier molecular flexibility index (Phi) is 5.00. The highest BCUT2D eigenvalue weighted by molar-refractivity contribution is 9.10. The Hall–Kier alpha value is -1.40. The molecule has 0 saturated heterocycles. The fourth-order valence-corrected chi connectivity index (χ4v) is 3.69. The summed E-state index contributed by atoms with van der Waals surface area (Å²) in [6.45, 7) is 6.01. The predicted molar refractivity (Wildman–Crippen MR) is 91.1 cm³/mol. The lowest BCUT2D eigenvalue weighted by molar-refractivity contribution is -0.385. The number of nitro groups is 1. The maximum atomic E-state index is 11.1. The van der Waals surface area contributed by atoms with Crippen molar-refractivity contribution in [1.82, 2.24) is 0 Å². The molecule has 2 aromatic rings. The lowest BCUT2D eigenvalue weighted by atomic mass is 10.0. The summed E-state index contributed by atoms with van der Waals surface area (Å²) in [7, 11) is 0. The molecule has 0 saturated carbocycles. The first-order chi connectivity index (χ1) is 9.90. The van der Waals surface area contributed by atoms with Gasteiger partial charge in [0.1, 0.15) is 0 Å². The summed E-state index contributed by atoms with van der Waals surface area (Å²) in [5, 5.41) is 16.6. The first kappa shape index (κ1) is 16.0. The van der Waals surface area contributed by atoms with Crippen LogP contribution in [0.4, 0.5) is 11.4 Å². The summed E-state index contributed by atoms with van der Waals surface area (Å²) in [4.78, 5) is 12.0. The van der Waals surface area contributed by atoms with Crippen molar-refractivity contribution in [2.45, 2.75) is 26.8 Å². The molecule has 1 N–H and O–H groups in total. The highest BCUT2D eigenvalue weighted by Gasteiger charge is 2.20. The van der Waals surface area contributed by atoms with Gasteiger partial charge in [0.05, 0.1) is 16.7 Å². The van der Waals surface area contributed by atoms with E-state index in [1.54, 1.807) is 30.4 Å². The van der Waals surface area contributed by atoms with Gasteiger partial charge in [0.15, 0.2) is 0 Å². The average Bonchev–Trinajstić information content (AvgIpc) is 2.90. The van der Waals surface area contributed by atoms with Crippen molar-refractivity contribution in [1.29, 1.82) is 0 Å². The Morgan fingerprint density at radius 3 is 2.62 bits per heavy atom. The van der Waals surface area contributed by atoms with Crippen molar-refractivity contribution in [2.24, 2.45) is 5.92 Å². The number of nitrogens with zero attached hydrogens (tertiary/aromatic N) is 1.